The number of nitrogens with zero attached hydrogens (tertiary/aromatic N) is 1. The Balaban J connectivity index is 1.88. The maximum atomic E-state index is 12.0. The summed E-state index contributed by atoms with van der Waals surface area (Å²) < 4.78 is 6.61. The summed E-state index contributed by atoms with van der Waals surface area (Å²) in [7, 11) is 0. The van der Waals surface area contributed by atoms with E-state index in [1.807, 2.05) is 0 Å². The predicted molar refractivity (Wildman–Crippen MR) is 92.7 cm³/mol. The molecule has 0 aliphatic rings. The highest BCUT2D eigenvalue weighted by Crippen LogP contribution is 2.34. The lowest BCUT2D eigenvalue weighted by atomic mass is 10.2. The number of nitrogens with one attached hydrogen (secondary N) is 1. The van der Waals surface area contributed by atoms with E-state index in [2.05, 4.69) is 10.3 Å². The zero-order chi connectivity index (χ0) is 17.1. The summed E-state index contributed by atoms with van der Waals surface area (Å²) in [5, 5.41) is 3.83. The number of primary amides is 1. The first kappa shape index (κ1) is 16.2. The van der Waals surface area contributed by atoms with Crippen LogP contribution in [0.25, 0.3) is 10.1 Å². The maximum Gasteiger partial charge on any atom is 0.261 e. The zero-order valence-electron chi connectivity index (χ0n) is 12.3. The van der Waals surface area contributed by atoms with Crippen molar-refractivity contribution in [3.05, 3.63) is 52.6 Å². The van der Waals surface area contributed by atoms with Crippen LogP contribution in [0.15, 0.2) is 42.7 Å². The summed E-state index contributed by atoms with van der Waals surface area (Å²) in [5.74, 6) is 0.171. The molecule has 2 amide bonds. The minimum Gasteiger partial charge on any atom is -0.455 e. The van der Waals surface area contributed by atoms with Gasteiger partial charge in [0.15, 0.2) is 5.75 Å². The second-order valence-electron chi connectivity index (χ2n) is 4.87. The molecule has 0 unspecified atom stereocenters. The molecule has 0 aliphatic heterocycles. The lowest BCUT2D eigenvalue weighted by Crippen LogP contribution is -2.32. The van der Waals surface area contributed by atoms with Crippen molar-refractivity contribution in [3.63, 3.8) is 0 Å². The Hall–Kier alpha value is -2.64. The van der Waals surface area contributed by atoms with Gasteiger partial charge in [-0.25, -0.2) is 0 Å². The molecular weight excluding hydrogens is 350 g/mol. The molecule has 2 heterocycles. The second kappa shape index (κ2) is 6.86. The molecule has 3 N–H and O–H groups in total. The van der Waals surface area contributed by atoms with Crippen LogP contribution in [0.2, 0.25) is 5.02 Å². The molecule has 122 valence electrons. The first-order chi connectivity index (χ1) is 11.5. The number of hydrogen-bond donors (Lipinski definition) is 2. The van der Waals surface area contributed by atoms with Gasteiger partial charge in [-0.1, -0.05) is 11.6 Å². The summed E-state index contributed by atoms with van der Waals surface area (Å²) in [5.41, 5.74) is 5.02. The number of carbonyl (C=O) groups is 2. The SMILES string of the molecule is NC(=O)CNC(=O)c1cc2c(Oc3ccc(Cl)cc3)cncc2s1. The van der Waals surface area contributed by atoms with Crippen LogP contribution in [-0.2, 0) is 4.79 Å². The Kier molecular flexibility index (Phi) is 4.64. The van der Waals surface area contributed by atoms with Crippen molar-refractivity contribution in [2.45, 2.75) is 0 Å². The summed E-state index contributed by atoms with van der Waals surface area (Å²) in [6, 6.07) is 8.63. The summed E-state index contributed by atoms with van der Waals surface area (Å²) >= 11 is 7.11. The van der Waals surface area contributed by atoms with Gasteiger partial charge in [-0.15, -0.1) is 11.3 Å². The molecule has 8 heteroatoms. The third-order valence-corrected chi connectivity index (χ3v) is 4.42. The van der Waals surface area contributed by atoms with Crippen LogP contribution >= 0.6 is 22.9 Å². The fraction of sp³-hybridized carbons (Fsp3) is 0.0625. The van der Waals surface area contributed by atoms with Crippen molar-refractivity contribution < 1.29 is 14.3 Å². The normalized spacial score (nSPS) is 10.5. The van der Waals surface area contributed by atoms with Crippen molar-refractivity contribution >= 4 is 44.8 Å². The highest BCUT2D eigenvalue weighted by atomic mass is 35.5. The molecule has 6 nitrogen and oxygen atoms in total. The fourth-order valence-electron chi connectivity index (χ4n) is 2.01. The van der Waals surface area contributed by atoms with Gasteiger partial charge in [0.25, 0.3) is 5.91 Å². The van der Waals surface area contributed by atoms with Gasteiger partial charge in [0.2, 0.25) is 5.91 Å². The molecule has 1 aromatic carbocycles. The van der Waals surface area contributed by atoms with E-state index in [-0.39, 0.29) is 12.5 Å². The van der Waals surface area contributed by atoms with E-state index in [4.69, 9.17) is 22.1 Å². The molecule has 0 aliphatic carbocycles. The van der Waals surface area contributed by atoms with Gasteiger partial charge in [-0.3, -0.25) is 14.6 Å². The Morgan fingerprint density at radius 1 is 1.25 bits per heavy atom. The Morgan fingerprint density at radius 2 is 2.00 bits per heavy atom. The first-order valence-electron chi connectivity index (χ1n) is 6.90. The van der Waals surface area contributed by atoms with Gasteiger partial charge < -0.3 is 15.8 Å². The molecular formula is C16H12ClN3O3S. The van der Waals surface area contributed by atoms with Crippen molar-refractivity contribution in [1.82, 2.24) is 10.3 Å². The molecule has 2 aromatic heterocycles. The topological polar surface area (TPSA) is 94.3 Å². The van der Waals surface area contributed by atoms with Crippen LogP contribution in [0.5, 0.6) is 11.5 Å². The molecule has 0 radical (unpaired) electrons. The number of pyridine rings is 1. The molecule has 0 bridgehead atoms. The third-order valence-electron chi connectivity index (χ3n) is 3.10. The van der Waals surface area contributed by atoms with Crippen molar-refractivity contribution in [1.29, 1.82) is 0 Å². The highest BCUT2D eigenvalue weighted by Gasteiger charge is 2.14. The van der Waals surface area contributed by atoms with Gasteiger partial charge in [0, 0.05) is 16.6 Å². The number of thiophene rings is 1. The number of rotatable bonds is 5. The average molecular weight is 362 g/mol. The largest absolute Gasteiger partial charge is 0.455 e. The predicted octanol–water partition coefficient (Wildman–Crippen LogP) is 2.96. The monoisotopic (exact) mass is 361 g/mol. The highest BCUT2D eigenvalue weighted by molar-refractivity contribution is 7.20. The van der Waals surface area contributed by atoms with Gasteiger partial charge in [0.05, 0.1) is 22.3 Å². The molecule has 3 rings (SSSR count). The number of amides is 2. The maximum absolute atomic E-state index is 12.0. The van der Waals surface area contributed by atoms with Crippen LogP contribution in [0.3, 0.4) is 0 Å². The number of benzene rings is 1. The van der Waals surface area contributed by atoms with Gasteiger partial charge >= 0.3 is 0 Å². The summed E-state index contributed by atoms with van der Waals surface area (Å²) in [4.78, 5) is 27.4. The molecule has 0 saturated heterocycles. The summed E-state index contributed by atoms with van der Waals surface area (Å²) in [6.07, 6.45) is 3.23. The van der Waals surface area contributed by atoms with Crippen LogP contribution in [-0.4, -0.2) is 23.3 Å². The van der Waals surface area contributed by atoms with E-state index in [0.717, 1.165) is 10.1 Å². The molecule has 0 spiro atoms. The quantitative estimate of drug-likeness (QED) is 0.730. The standard InChI is InChI=1S/C16H12ClN3O3S/c17-9-1-3-10(4-2-9)23-12-6-19-7-14-11(12)5-13(24-14)16(22)20-8-15(18)21/h1-7H,8H2,(H2,18,21)(H,20,22). The minimum absolute atomic E-state index is 0.209. The number of carbonyl (C=O) groups excluding carboxylic acids is 2. The number of aromatic nitrogens is 1. The summed E-state index contributed by atoms with van der Waals surface area (Å²) in [6.45, 7) is -0.209. The molecule has 3 aromatic rings. The van der Waals surface area contributed by atoms with E-state index >= 15 is 0 Å². The van der Waals surface area contributed by atoms with Crippen molar-refractivity contribution in [3.8, 4) is 11.5 Å². The van der Waals surface area contributed by atoms with Crippen LogP contribution in [0, 0.1) is 0 Å². The molecule has 0 fully saturated rings. The van der Waals surface area contributed by atoms with Crippen molar-refractivity contribution in [2.24, 2.45) is 5.73 Å². The van der Waals surface area contributed by atoms with E-state index < -0.39 is 5.91 Å². The molecule has 24 heavy (non-hydrogen) atoms. The lowest BCUT2D eigenvalue weighted by molar-refractivity contribution is -0.117. The molecule has 0 atom stereocenters. The van der Waals surface area contributed by atoms with E-state index in [1.54, 1.807) is 42.7 Å². The van der Waals surface area contributed by atoms with E-state index in [9.17, 15) is 9.59 Å². The third kappa shape index (κ3) is 3.64. The number of fused-ring (bicyclic) bond motifs is 1. The lowest BCUT2D eigenvalue weighted by Gasteiger charge is -2.06. The van der Waals surface area contributed by atoms with Gasteiger partial charge in [-0.2, -0.15) is 0 Å². The minimum atomic E-state index is -0.599. The number of nitrogens with two attached hydrogens (primary N) is 1. The van der Waals surface area contributed by atoms with Gasteiger partial charge in [0.1, 0.15) is 5.75 Å². The van der Waals surface area contributed by atoms with E-state index in [0.29, 0.717) is 21.4 Å². The van der Waals surface area contributed by atoms with E-state index in [1.165, 1.54) is 11.3 Å². The first-order valence-corrected chi connectivity index (χ1v) is 8.10. The van der Waals surface area contributed by atoms with Gasteiger partial charge in [-0.05, 0) is 30.3 Å². The average Bonchev–Trinajstić information content (AvgIpc) is 3.00. The second-order valence-corrected chi connectivity index (χ2v) is 6.39. The Bertz CT molecular complexity index is 909. The molecule has 0 saturated carbocycles. The number of halogens is 1. The van der Waals surface area contributed by atoms with Crippen molar-refractivity contribution in [2.75, 3.05) is 6.54 Å². The Morgan fingerprint density at radius 3 is 2.71 bits per heavy atom. The van der Waals surface area contributed by atoms with Crippen LogP contribution in [0.4, 0.5) is 0 Å². The fourth-order valence-corrected chi connectivity index (χ4v) is 3.10. The smallest absolute Gasteiger partial charge is 0.261 e. The number of hydrogen-bond acceptors (Lipinski definition) is 5. The van der Waals surface area contributed by atoms with Crippen LogP contribution < -0.4 is 15.8 Å². The Labute approximate surface area is 146 Å². The zero-order valence-corrected chi connectivity index (χ0v) is 13.9. The van der Waals surface area contributed by atoms with Crippen LogP contribution in [0.1, 0.15) is 9.67 Å². The number of ether oxygens (including phenoxy) is 1.